The molecule has 0 saturated carbocycles. The Morgan fingerprint density at radius 2 is 1.87 bits per heavy atom. The van der Waals surface area contributed by atoms with E-state index in [9.17, 15) is 18.3 Å². The number of hydrogen-bond donors (Lipinski definition) is 2. The summed E-state index contributed by atoms with van der Waals surface area (Å²) in [5.74, 6) is -0.484. The molecule has 3 rings (SSSR count). The minimum atomic E-state index is -4.52. The zero-order valence-corrected chi connectivity index (χ0v) is 11.8. The van der Waals surface area contributed by atoms with Crippen LogP contribution >= 0.6 is 0 Å². The van der Waals surface area contributed by atoms with Gasteiger partial charge in [0.25, 0.3) is 0 Å². The molecule has 118 valence electrons. The van der Waals surface area contributed by atoms with Crippen molar-refractivity contribution in [1.29, 1.82) is 0 Å². The van der Waals surface area contributed by atoms with Crippen molar-refractivity contribution >= 4 is 11.4 Å². The summed E-state index contributed by atoms with van der Waals surface area (Å²) in [6.07, 6.45) is 0.265. The molecule has 0 spiro atoms. The van der Waals surface area contributed by atoms with Crippen molar-refractivity contribution in [3.8, 4) is 5.75 Å². The number of hydrogen-bond acceptors (Lipinski definition) is 4. The van der Waals surface area contributed by atoms with Crippen molar-refractivity contribution in [2.45, 2.75) is 6.18 Å². The lowest BCUT2D eigenvalue weighted by molar-refractivity contribution is -0.137. The van der Waals surface area contributed by atoms with Gasteiger partial charge in [-0.15, -0.1) is 0 Å². The molecule has 0 amide bonds. The Morgan fingerprint density at radius 1 is 1.09 bits per heavy atom. The van der Waals surface area contributed by atoms with Crippen molar-refractivity contribution in [2.75, 3.05) is 6.54 Å². The van der Waals surface area contributed by atoms with E-state index in [2.05, 4.69) is 9.98 Å². The second-order valence-electron chi connectivity index (χ2n) is 5.00. The molecule has 0 saturated heterocycles. The van der Waals surface area contributed by atoms with Crippen LogP contribution in [-0.4, -0.2) is 22.3 Å². The summed E-state index contributed by atoms with van der Waals surface area (Å²) < 4.78 is 38.2. The van der Waals surface area contributed by atoms with E-state index in [0.29, 0.717) is 28.6 Å². The van der Waals surface area contributed by atoms with Crippen molar-refractivity contribution in [2.24, 2.45) is 10.7 Å². The Hall–Kier alpha value is -2.83. The molecule has 23 heavy (non-hydrogen) atoms. The molecular formula is C16H12F3N3O. The predicted molar refractivity (Wildman–Crippen MR) is 80.0 cm³/mol. The maximum absolute atomic E-state index is 12.7. The van der Waals surface area contributed by atoms with Crippen LogP contribution in [0.1, 0.15) is 22.3 Å². The lowest BCUT2D eigenvalue weighted by Gasteiger charge is -2.13. The van der Waals surface area contributed by atoms with Crippen LogP contribution in [0.4, 0.5) is 13.2 Å². The fourth-order valence-corrected chi connectivity index (χ4v) is 2.40. The van der Waals surface area contributed by atoms with Crippen LogP contribution in [0.2, 0.25) is 0 Å². The number of fused-ring (bicyclic) bond motifs is 1. The van der Waals surface area contributed by atoms with Gasteiger partial charge in [-0.05, 0) is 30.3 Å². The highest BCUT2D eigenvalue weighted by Crippen LogP contribution is 2.34. The summed E-state index contributed by atoms with van der Waals surface area (Å²) in [5.41, 5.74) is 7.35. The smallest absolute Gasteiger partial charge is 0.416 e. The van der Waals surface area contributed by atoms with Gasteiger partial charge in [-0.1, -0.05) is 0 Å². The standard InChI is InChI=1S/C16H12F3N3O/c17-16(18,19)9-1-2-11(14(23)7-9)15-10-3-5-21-8-12(10)13(20)4-6-22-15/h1-5,7-8,23H,6,20H2. The van der Waals surface area contributed by atoms with Gasteiger partial charge in [0.05, 0.1) is 17.8 Å². The van der Waals surface area contributed by atoms with Crippen LogP contribution in [-0.2, 0) is 6.18 Å². The van der Waals surface area contributed by atoms with Gasteiger partial charge >= 0.3 is 6.18 Å². The van der Waals surface area contributed by atoms with Gasteiger partial charge in [-0.2, -0.15) is 13.2 Å². The number of nitrogens with two attached hydrogens (primary N) is 1. The van der Waals surface area contributed by atoms with E-state index in [-0.39, 0.29) is 12.1 Å². The summed E-state index contributed by atoms with van der Waals surface area (Å²) in [6, 6.07) is 4.49. The second kappa shape index (κ2) is 5.42. The normalized spacial score (nSPS) is 14.6. The minimum Gasteiger partial charge on any atom is -0.507 e. The average molecular weight is 319 g/mol. The molecular weight excluding hydrogens is 307 g/mol. The summed E-state index contributed by atoms with van der Waals surface area (Å²) >= 11 is 0. The summed E-state index contributed by atoms with van der Waals surface area (Å²) in [7, 11) is 0. The van der Waals surface area contributed by atoms with Crippen molar-refractivity contribution in [3.05, 3.63) is 65.0 Å². The van der Waals surface area contributed by atoms with Crippen LogP contribution in [0, 0.1) is 0 Å². The molecule has 0 fully saturated rings. The largest absolute Gasteiger partial charge is 0.507 e. The van der Waals surface area contributed by atoms with Crippen molar-refractivity contribution in [3.63, 3.8) is 0 Å². The number of halogens is 3. The summed E-state index contributed by atoms with van der Waals surface area (Å²) in [4.78, 5) is 8.33. The molecule has 3 N–H and O–H groups in total. The van der Waals surface area contributed by atoms with Crippen LogP contribution in [0.25, 0.3) is 5.70 Å². The Labute approximate surface area is 129 Å². The van der Waals surface area contributed by atoms with Gasteiger partial charge in [0, 0.05) is 34.8 Å². The first-order chi connectivity index (χ1) is 10.9. The number of nitrogens with zero attached hydrogens (tertiary/aromatic N) is 2. The van der Waals surface area contributed by atoms with E-state index >= 15 is 0 Å². The highest BCUT2D eigenvalue weighted by molar-refractivity contribution is 6.16. The molecule has 7 heteroatoms. The maximum atomic E-state index is 12.7. The monoisotopic (exact) mass is 319 g/mol. The number of pyridine rings is 1. The molecule has 1 aromatic heterocycles. The van der Waals surface area contributed by atoms with Crippen molar-refractivity contribution < 1.29 is 18.3 Å². The molecule has 0 atom stereocenters. The quantitative estimate of drug-likeness (QED) is 0.849. The van der Waals surface area contributed by atoms with Crippen LogP contribution in [0.5, 0.6) is 5.75 Å². The van der Waals surface area contributed by atoms with Crippen LogP contribution in [0.3, 0.4) is 0 Å². The lowest BCUT2D eigenvalue weighted by atomic mass is 9.96. The molecule has 2 aromatic rings. The zero-order chi connectivity index (χ0) is 16.6. The lowest BCUT2D eigenvalue weighted by Crippen LogP contribution is -2.10. The average Bonchev–Trinajstić information content (AvgIpc) is 2.66. The number of phenols is 1. The number of rotatable bonds is 1. The van der Waals surface area contributed by atoms with E-state index < -0.39 is 17.5 Å². The minimum absolute atomic E-state index is 0.216. The summed E-state index contributed by atoms with van der Waals surface area (Å²) in [5, 5.41) is 10.0. The Kier molecular flexibility index (Phi) is 3.55. The van der Waals surface area contributed by atoms with Gasteiger partial charge in [0.15, 0.2) is 0 Å². The third kappa shape index (κ3) is 2.77. The number of aliphatic imine (C=N–C) groups is 1. The maximum Gasteiger partial charge on any atom is 0.416 e. The fraction of sp³-hybridized carbons (Fsp3) is 0.125. The third-order valence-electron chi connectivity index (χ3n) is 3.53. The number of phenolic OH excluding ortho intramolecular Hbond substituents is 1. The Morgan fingerprint density at radius 3 is 2.57 bits per heavy atom. The molecule has 0 radical (unpaired) electrons. The molecule has 1 aliphatic heterocycles. The fourth-order valence-electron chi connectivity index (χ4n) is 2.40. The Balaban J connectivity index is 2.13. The second-order valence-corrected chi connectivity index (χ2v) is 5.00. The number of aromatic nitrogens is 1. The molecule has 2 heterocycles. The number of aromatic hydroxyl groups is 1. The van der Waals surface area contributed by atoms with Crippen molar-refractivity contribution in [1.82, 2.24) is 4.98 Å². The highest BCUT2D eigenvalue weighted by atomic mass is 19.4. The summed E-state index contributed by atoms with van der Waals surface area (Å²) in [6.45, 7) is 0.260. The molecule has 0 bridgehead atoms. The van der Waals surface area contributed by atoms with E-state index in [1.54, 1.807) is 18.3 Å². The van der Waals surface area contributed by atoms with Crippen LogP contribution in [0.15, 0.2) is 47.7 Å². The predicted octanol–water partition coefficient (Wildman–Crippen LogP) is 2.96. The first kappa shape index (κ1) is 15.1. The molecule has 0 unspecified atom stereocenters. The molecule has 0 aliphatic carbocycles. The van der Waals surface area contributed by atoms with Gasteiger partial charge < -0.3 is 10.8 Å². The zero-order valence-electron chi connectivity index (χ0n) is 11.8. The van der Waals surface area contributed by atoms with E-state index in [0.717, 1.165) is 6.07 Å². The van der Waals surface area contributed by atoms with Gasteiger partial charge in [-0.3, -0.25) is 9.98 Å². The number of alkyl halides is 3. The van der Waals surface area contributed by atoms with E-state index in [1.165, 1.54) is 12.3 Å². The SMILES string of the molecule is NC1=CCN=C(c2ccc(C(F)(F)F)cc2O)c2ccncc21. The van der Waals surface area contributed by atoms with E-state index in [4.69, 9.17) is 5.73 Å². The topological polar surface area (TPSA) is 71.5 Å². The Bertz CT molecular complexity index is 826. The first-order valence-corrected chi connectivity index (χ1v) is 6.73. The highest BCUT2D eigenvalue weighted by Gasteiger charge is 2.31. The first-order valence-electron chi connectivity index (χ1n) is 6.73. The van der Waals surface area contributed by atoms with Crippen LogP contribution < -0.4 is 5.73 Å². The van der Waals surface area contributed by atoms with Gasteiger partial charge in [0.2, 0.25) is 0 Å². The molecule has 1 aliphatic rings. The van der Waals surface area contributed by atoms with E-state index in [1.807, 2.05) is 0 Å². The van der Waals surface area contributed by atoms with Gasteiger partial charge in [0.1, 0.15) is 5.75 Å². The number of benzene rings is 1. The molecule has 1 aromatic carbocycles. The molecule has 4 nitrogen and oxygen atoms in total. The van der Waals surface area contributed by atoms with Gasteiger partial charge in [-0.25, -0.2) is 0 Å². The third-order valence-corrected chi connectivity index (χ3v) is 3.53.